The van der Waals surface area contributed by atoms with Crippen LogP contribution >= 0.6 is 11.6 Å². The van der Waals surface area contributed by atoms with Gasteiger partial charge < -0.3 is 4.90 Å². The van der Waals surface area contributed by atoms with Crippen LogP contribution in [0.2, 0.25) is 5.02 Å². The van der Waals surface area contributed by atoms with Gasteiger partial charge in [-0.25, -0.2) is 0 Å². The Morgan fingerprint density at radius 3 is 2.42 bits per heavy atom. The van der Waals surface area contributed by atoms with Gasteiger partial charge in [-0.1, -0.05) is 51.4 Å². The fourth-order valence-electron chi connectivity index (χ4n) is 4.86. The van der Waals surface area contributed by atoms with Gasteiger partial charge in [0.2, 0.25) is 0 Å². The molecule has 4 nitrogen and oxygen atoms in total. The van der Waals surface area contributed by atoms with Crippen molar-refractivity contribution >= 4 is 28.4 Å². The number of amides is 1. The summed E-state index contributed by atoms with van der Waals surface area (Å²) in [6.45, 7) is 10.4. The number of nitrogens with zero attached hydrogens (tertiary/aromatic N) is 3. The molecule has 0 saturated carbocycles. The second kappa shape index (κ2) is 9.67. The number of fused-ring (bicyclic) bond motifs is 1. The maximum atomic E-state index is 13.1. The number of piperidine rings is 1. The Balaban J connectivity index is 1.56. The van der Waals surface area contributed by atoms with E-state index in [0.29, 0.717) is 16.5 Å². The maximum Gasteiger partial charge on any atom is 0.253 e. The van der Waals surface area contributed by atoms with Gasteiger partial charge in [-0.15, -0.1) is 0 Å². The highest BCUT2D eigenvalue weighted by Gasteiger charge is 2.22. The summed E-state index contributed by atoms with van der Waals surface area (Å²) in [7, 11) is 0. The van der Waals surface area contributed by atoms with E-state index >= 15 is 0 Å². The first-order chi connectivity index (χ1) is 17.2. The molecule has 2 aromatic heterocycles. The molecule has 5 rings (SSSR count). The smallest absolute Gasteiger partial charge is 0.253 e. The number of hydrogen-bond donors (Lipinski definition) is 0. The molecule has 1 saturated heterocycles. The summed E-state index contributed by atoms with van der Waals surface area (Å²) >= 11 is 6.80. The molecular formula is C31H32ClN3O. The lowest BCUT2D eigenvalue weighted by Crippen LogP contribution is -2.37. The third-order valence-corrected chi connectivity index (χ3v) is 7.47. The van der Waals surface area contributed by atoms with E-state index in [1.165, 1.54) is 0 Å². The molecule has 1 aliphatic heterocycles. The molecule has 0 N–H and O–H groups in total. The van der Waals surface area contributed by atoms with Crippen molar-refractivity contribution in [1.82, 2.24) is 14.9 Å². The third kappa shape index (κ3) is 4.87. The average Bonchev–Trinajstić information content (AvgIpc) is 2.87. The lowest BCUT2D eigenvalue weighted by Gasteiger charge is -2.30. The quantitative estimate of drug-likeness (QED) is 0.290. The number of rotatable bonds is 3. The molecular weight excluding hydrogens is 466 g/mol. The zero-order valence-corrected chi connectivity index (χ0v) is 22.1. The van der Waals surface area contributed by atoms with Crippen LogP contribution in [0.3, 0.4) is 0 Å². The lowest BCUT2D eigenvalue weighted by molar-refractivity contribution is 0.0697. The lowest BCUT2D eigenvalue weighted by atomic mass is 9.88. The second-order valence-electron chi connectivity index (χ2n) is 10.9. The summed E-state index contributed by atoms with van der Waals surface area (Å²) in [5, 5.41) is 1.65. The fraction of sp³-hybridized carbons (Fsp3) is 0.323. The van der Waals surface area contributed by atoms with Crippen LogP contribution < -0.4 is 0 Å². The fourth-order valence-corrected chi connectivity index (χ4v) is 5.15. The monoisotopic (exact) mass is 497 g/mol. The van der Waals surface area contributed by atoms with E-state index in [2.05, 4.69) is 61.9 Å². The number of aromatic nitrogens is 2. The molecule has 36 heavy (non-hydrogen) atoms. The largest absolute Gasteiger partial charge is 0.339 e. The summed E-state index contributed by atoms with van der Waals surface area (Å²) in [5.74, 6) is 0.735. The molecule has 2 aromatic carbocycles. The summed E-state index contributed by atoms with van der Waals surface area (Å²) < 4.78 is 0. The number of benzene rings is 2. The summed E-state index contributed by atoms with van der Waals surface area (Å²) in [5.41, 5.74) is 6.56. The van der Waals surface area contributed by atoms with E-state index < -0.39 is 0 Å². The van der Waals surface area contributed by atoms with Crippen LogP contribution in [0.4, 0.5) is 0 Å². The standard InChI is InChI=1S/C31H32ClN3O/c1-20-10-14-35(15-11-20)30(36)22-7-8-24(27(32)17-22)23-16-26(25-6-5-12-33-28(25)18-23)21-9-13-34-29(19-21)31(2,3)4/h5-9,12-13,16-20H,10-11,14-15H2,1-4H3. The Hall–Kier alpha value is -3.24. The zero-order chi connectivity index (χ0) is 25.4. The number of carbonyl (C=O) groups is 1. The number of halogens is 1. The summed E-state index contributed by atoms with van der Waals surface area (Å²) in [4.78, 5) is 24.3. The number of pyridine rings is 2. The van der Waals surface area contributed by atoms with E-state index in [1.807, 2.05) is 47.6 Å². The molecule has 0 radical (unpaired) electrons. The molecule has 0 aliphatic carbocycles. The van der Waals surface area contributed by atoms with E-state index in [4.69, 9.17) is 11.6 Å². The normalized spacial score (nSPS) is 14.9. The minimum atomic E-state index is -0.0558. The van der Waals surface area contributed by atoms with Gasteiger partial charge in [0.05, 0.1) is 5.52 Å². The van der Waals surface area contributed by atoms with Crippen LogP contribution in [0.25, 0.3) is 33.2 Å². The highest BCUT2D eigenvalue weighted by atomic mass is 35.5. The summed E-state index contributed by atoms with van der Waals surface area (Å²) in [6.07, 6.45) is 5.79. The molecule has 0 atom stereocenters. The first-order valence-electron chi connectivity index (χ1n) is 12.7. The minimum Gasteiger partial charge on any atom is -0.339 e. The molecule has 1 amide bonds. The Kier molecular flexibility index (Phi) is 6.57. The Morgan fingerprint density at radius 2 is 1.69 bits per heavy atom. The number of hydrogen-bond acceptors (Lipinski definition) is 3. The van der Waals surface area contributed by atoms with Crippen molar-refractivity contribution in [2.45, 2.75) is 46.0 Å². The van der Waals surface area contributed by atoms with Gasteiger partial charge in [0.25, 0.3) is 5.91 Å². The molecule has 184 valence electrons. The predicted molar refractivity (Wildman–Crippen MR) is 148 cm³/mol. The molecule has 1 fully saturated rings. The van der Waals surface area contributed by atoms with Crippen LogP contribution in [-0.4, -0.2) is 33.9 Å². The third-order valence-electron chi connectivity index (χ3n) is 7.16. The van der Waals surface area contributed by atoms with Crippen LogP contribution in [0.5, 0.6) is 0 Å². The van der Waals surface area contributed by atoms with Gasteiger partial charge in [0.1, 0.15) is 0 Å². The van der Waals surface area contributed by atoms with E-state index in [1.54, 1.807) is 0 Å². The van der Waals surface area contributed by atoms with Crippen LogP contribution in [0, 0.1) is 5.92 Å². The second-order valence-corrected chi connectivity index (χ2v) is 11.4. The Labute approximate surface area is 218 Å². The van der Waals surface area contributed by atoms with Gasteiger partial charge >= 0.3 is 0 Å². The van der Waals surface area contributed by atoms with E-state index in [-0.39, 0.29) is 11.3 Å². The predicted octanol–water partition coefficient (Wildman–Crippen LogP) is 7.79. The topological polar surface area (TPSA) is 46.1 Å². The zero-order valence-electron chi connectivity index (χ0n) is 21.4. The van der Waals surface area contributed by atoms with Crippen molar-refractivity contribution in [1.29, 1.82) is 0 Å². The van der Waals surface area contributed by atoms with Crippen molar-refractivity contribution in [3.05, 3.63) is 83.3 Å². The number of carbonyl (C=O) groups excluding carboxylic acids is 1. The van der Waals surface area contributed by atoms with Gasteiger partial charge in [0, 0.05) is 58.1 Å². The first kappa shape index (κ1) is 24.5. The molecule has 0 spiro atoms. The summed E-state index contributed by atoms with van der Waals surface area (Å²) in [6, 6.07) is 18.2. The van der Waals surface area contributed by atoms with Gasteiger partial charge in [-0.05, 0) is 77.9 Å². The van der Waals surface area contributed by atoms with Crippen molar-refractivity contribution < 1.29 is 4.79 Å². The van der Waals surface area contributed by atoms with E-state index in [0.717, 1.165) is 64.8 Å². The van der Waals surface area contributed by atoms with Gasteiger partial charge in [-0.2, -0.15) is 0 Å². The van der Waals surface area contributed by atoms with Crippen LogP contribution in [-0.2, 0) is 5.41 Å². The SMILES string of the molecule is CC1CCN(C(=O)c2ccc(-c3cc(-c4ccnc(C(C)(C)C)c4)c4cccnc4c3)c(Cl)c2)CC1. The highest BCUT2D eigenvalue weighted by Crippen LogP contribution is 2.37. The maximum absolute atomic E-state index is 13.1. The van der Waals surface area contributed by atoms with Crippen molar-refractivity contribution in [3.63, 3.8) is 0 Å². The molecule has 4 aromatic rings. The Bertz CT molecular complexity index is 1430. The van der Waals surface area contributed by atoms with Gasteiger partial charge in [-0.3, -0.25) is 14.8 Å². The van der Waals surface area contributed by atoms with Crippen molar-refractivity contribution in [2.24, 2.45) is 5.92 Å². The minimum absolute atomic E-state index is 0.0558. The molecule has 0 bridgehead atoms. The van der Waals surface area contributed by atoms with Gasteiger partial charge in [0.15, 0.2) is 0 Å². The van der Waals surface area contributed by atoms with Crippen molar-refractivity contribution in [3.8, 4) is 22.3 Å². The average molecular weight is 498 g/mol. The van der Waals surface area contributed by atoms with Crippen LogP contribution in [0.15, 0.2) is 67.0 Å². The number of likely N-dealkylation sites (tertiary alicyclic amines) is 1. The Morgan fingerprint density at radius 1 is 0.917 bits per heavy atom. The molecule has 1 aliphatic rings. The molecule has 5 heteroatoms. The van der Waals surface area contributed by atoms with Crippen LogP contribution in [0.1, 0.15) is 56.6 Å². The molecule has 0 unspecified atom stereocenters. The molecule has 3 heterocycles. The first-order valence-corrected chi connectivity index (χ1v) is 13.0. The van der Waals surface area contributed by atoms with E-state index in [9.17, 15) is 4.79 Å². The highest BCUT2D eigenvalue weighted by molar-refractivity contribution is 6.33. The van der Waals surface area contributed by atoms with Crippen molar-refractivity contribution in [2.75, 3.05) is 13.1 Å².